The van der Waals surface area contributed by atoms with Crippen LogP contribution in [-0.4, -0.2) is 53.4 Å². The van der Waals surface area contributed by atoms with Gasteiger partial charge in [-0.3, -0.25) is 9.69 Å². The van der Waals surface area contributed by atoms with Crippen LogP contribution in [-0.2, 0) is 4.74 Å². The third-order valence-corrected chi connectivity index (χ3v) is 6.22. The summed E-state index contributed by atoms with van der Waals surface area (Å²) >= 11 is 0. The first-order valence-electron chi connectivity index (χ1n) is 11.7. The van der Waals surface area contributed by atoms with Crippen LogP contribution in [0.1, 0.15) is 22.0 Å². The molecule has 1 aliphatic heterocycles. The lowest BCUT2D eigenvalue weighted by Crippen LogP contribution is -2.43. The van der Waals surface area contributed by atoms with Gasteiger partial charge in [0.15, 0.2) is 0 Å². The van der Waals surface area contributed by atoms with Crippen LogP contribution < -0.4 is 5.32 Å². The molecule has 178 valence electrons. The largest absolute Gasteiger partial charge is 0.379 e. The van der Waals surface area contributed by atoms with Crippen LogP contribution in [0.2, 0.25) is 0 Å². The lowest BCUT2D eigenvalue weighted by atomic mass is 10.0. The van der Waals surface area contributed by atoms with Crippen molar-refractivity contribution < 1.29 is 13.9 Å². The van der Waals surface area contributed by atoms with Gasteiger partial charge in [0, 0.05) is 31.4 Å². The van der Waals surface area contributed by atoms with Gasteiger partial charge in [0.05, 0.1) is 30.5 Å². The summed E-state index contributed by atoms with van der Waals surface area (Å²) in [6.07, 6.45) is 1.77. The second-order valence-electron chi connectivity index (χ2n) is 8.46. The third-order valence-electron chi connectivity index (χ3n) is 6.22. The molecule has 3 aromatic carbocycles. The van der Waals surface area contributed by atoms with E-state index in [-0.39, 0.29) is 17.8 Å². The molecule has 1 aromatic heterocycles. The Morgan fingerprint density at radius 3 is 2.29 bits per heavy atom. The zero-order chi connectivity index (χ0) is 24.0. The second kappa shape index (κ2) is 10.6. The number of hydrogen-bond donors (Lipinski definition) is 1. The highest BCUT2D eigenvalue weighted by atomic mass is 19.1. The summed E-state index contributed by atoms with van der Waals surface area (Å²) in [7, 11) is 0. The smallest absolute Gasteiger partial charge is 0.255 e. The molecule has 1 fully saturated rings. The number of carbonyl (C=O) groups excluding carboxylic acids is 1. The van der Waals surface area contributed by atoms with Gasteiger partial charge in [-0.05, 0) is 29.8 Å². The summed E-state index contributed by atoms with van der Waals surface area (Å²) in [5.41, 5.74) is 3.82. The fraction of sp³-hybridized carbons (Fsp3) is 0.214. The van der Waals surface area contributed by atoms with Crippen LogP contribution in [0.5, 0.6) is 0 Å². The maximum absolute atomic E-state index is 13.6. The van der Waals surface area contributed by atoms with E-state index < -0.39 is 0 Å². The van der Waals surface area contributed by atoms with Gasteiger partial charge in [0.25, 0.3) is 5.91 Å². The van der Waals surface area contributed by atoms with E-state index in [2.05, 4.69) is 10.2 Å². The zero-order valence-electron chi connectivity index (χ0n) is 19.3. The minimum absolute atomic E-state index is 0.0900. The number of benzene rings is 3. The molecule has 0 radical (unpaired) electrons. The molecule has 4 aromatic rings. The Morgan fingerprint density at radius 1 is 0.943 bits per heavy atom. The predicted octanol–water partition coefficient (Wildman–Crippen LogP) is 4.48. The highest BCUT2D eigenvalue weighted by molar-refractivity contribution is 6.00. The van der Waals surface area contributed by atoms with Crippen molar-refractivity contribution in [2.75, 3.05) is 32.8 Å². The lowest BCUT2D eigenvalue weighted by molar-refractivity contribution is 0.0162. The van der Waals surface area contributed by atoms with Crippen LogP contribution in [0.25, 0.3) is 16.9 Å². The van der Waals surface area contributed by atoms with Crippen molar-refractivity contribution in [2.45, 2.75) is 6.04 Å². The number of rotatable bonds is 7. The molecule has 7 heteroatoms. The molecule has 1 saturated heterocycles. The molecule has 5 rings (SSSR count). The maximum Gasteiger partial charge on any atom is 0.255 e. The first kappa shape index (κ1) is 23.0. The van der Waals surface area contributed by atoms with Crippen molar-refractivity contribution in [3.8, 4) is 16.9 Å². The Bertz CT molecular complexity index is 1250. The van der Waals surface area contributed by atoms with Gasteiger partial charge in [-0.1, -0.05) is 60.7 Å². The van der Waals surface area contributed by atoms with E-state index in [1.165, 1.54) is 12.1 Å². The molecule has 1 aliphatic rings. The SMILES string of the molecule is O=C(NCC(c1ccc(F)cc1)N1CCOCC1)c1cn(-c2ccccc2)nc1-c1ccccc1. The normalized spacial score (nSPS) is 15.0. The predicted molar refractivity (Wildman–Crippen MR) is 133 cm³/mol. The average molecular weight is 471 g/mol. The third kappa shape index (κ3) is 5.31. The quantitative estimate of drug-likeness (QED) is 0.433. The number of para-hydroxylation sites is 1. The molecule has 35 heavy (non-hydrogen) atoms. The zero-order valence-corrected chi connectivity index (χ0v) is 19.3. The number of nitrogens with one attached hydrogen (secondary N) is 1. The van der Waals surface area contributed by atoms with Gasteiger partial charge in [-0.25, -0.2) is 9.07 Å². The van der Waals surface area contributed by atoms with Crippen LogP contribution >= 0.6 is 0 Å². The van der Waals surface area contributed by atoms with Crippen molar-refractivity contribution in [3.05, 3.63) is 108 Å². The minimum Gasteiger partial charge on any atom is -0.379 e. The van der Waals surface area contributed by atoms with E-state index in [4.69, 9.17) is 9.84 Å². The van der Waals surface area contributed by atoms with Gasteiger partial charge in [0.1, 0.15) is 11.5 Å². The standard InChI is InChI=1S/C28H27FN4O2/c29-23-13-11-21(12-14-23)26(32-15-17-35-18-16-32)19-30-28(34)25-20-33(24-9-5-2-6-10-24)31-27(25)22-7-3-1-4-8-22/h1-14,20,26H,15-19H2,(H,30,34). The van der Waals surface area contributed by atoms with Crippen LogP contribution in [0.15, 0.2) is 91.1 Å². The van der Waals surface area contributed by atoms with Crippen LogP contribution in [0.3, 0.4) is 0 Å². The van der Waals surface area contributed by atoms with Crippen LogP contribution in [0.4, 0.5) is 4.39 Å². The van der Waals surface area contributed by atoms with Gasteiger partial charge in [0.2, 0.25) is 0 Å². The molecular weight excluding hydrogens is 443 g/mol. The van der Waals surface area contributed by atoms with E-state index in [1.54, 1.807) is 23.0 Å². The van der Waals surface area contributed by atoms with Gasteiger partial charge in [-0.2, -0.15) is 5.10 Å². The summed E-state index contributed by atoms with van der Waals surface area (Å²) in [6, 6.07) is 25.8. The summed E-state index contributed by atoms with van der Waals surface area (Å²) in [5, 5.41) is 7.86. The average Bonchev–Trinajstić information content (AvgIpc) is 3.37. The van der Waals surface area contributed by atoms with Crippen molar-refractivity contribution in [2.24, 2.45) is 0 Å². The van der Waals surface area contributed by atoms with Gasteiger partial charge in [-0.15, -0.1) is 0 Å². The highest BCUT2D eigenvalue weighted by Gasteiger charge is 2.25. The maximum atomic E-state index is 13.6. The Labute approximate surface area is 204 Å². The van der Waals surface area contributed by atoms with E-state index >= 15 is 0 Å². The van der Waals surface area contributed by atoms with Gasteiger partial charge < -0.3 is 10.1 Å². The molecule has 1 unspecified atom stereocenters. The molecule has 1 atom stereocenters. The summed E-state index contributed by atoms with van der Waals surface area (Å²) < 4.78 is 20.8. The van der Waals surface area contributed by atoms with Crippen molar-refractivity contribution in [1.82, 2.24) is 20.0 Å². The van der Waals surface area contributed by atoms with Crippen LogP contribution in [0, 0.1) is 5.82 Å². The minimum atomic E-state index is -0.278. The number of morpholine rings is 1. The Morgan fingerprint density at radius 2 is 1.60 bits per heavy atom. The molecule has 1 N–H and O–H groups in total. The molecule has 2 heterocycles. The lowest BCUT2D eigenvalue weighted by Gasteiger charge is -2.35. The molecule has 0 spiro atoms. The highest BCUT2D eigenvalue weighted by Crippen LogP contribution is 2.25. The fourth-order valence-electron chi connectivity index (χ4n) is 4.38. The van der Waals surface area contributed by atoms with E-state index in [1.807, 2.05) is 60.7 Å². The number of amides is 1. The van der Waals surface area contributed by atoms with E-state index in [0.29, 0.717) is 31.0 Å². The molecular formula is C28H27FN4O2. The molecule has 0 bridgehead atoms. The van der Waals surface area contributed by atoms with Crippen molar-refractivity contribution >= 4 is 5.91 Å². The Hall–Kier alpha value is -3.81. The first-order chi connectivity index (χ1) is 17.2. The summed E-state index contributed by atoms with van der Waals surface area (Å²) in [6.45, 7) is 3.15. The molecule has 6 nitrogen and oxygen atoms in total. The molecule has 1 amide bonds. The fourth-order valence-corrected chi connectivity index (χ4v) is 4.38. The van der Waals surface area contributed by atoms with Crippen molar-refractivity contribution in [3.63, 3.8) is 0 Å². The second-order valence-corrected chi connectivity index (χ2v) is 8.46. The van der Waals surface area contributed by atoms with Crippen molar-refractivity contribution in [1.29, 1.82) is 0 Å². The Kier molecular flexibility index (Phi) is 6.97. The molecule has 0 saturated carbocycles. The number of carbonyl (C=O) groups is 1. The summed E-state index contributed by atoms with van der Waals surface area (Å²) in [5.74, 6) is -0.481. The van der Waals surface area contributed by atoms with E-state index in [0.717, 1.165) is 29.9 Å². The summed E-state index contributed by atoms with van der Waals surface area (Å²) in [4.78, 5) is 15.8. The monoisotopic (exact) mass is 470 g/mol. The topological polar surface area (TPSA) is 59.4 Å². The van der Waals surface area contributed by atoms with E-state index in [9.17, 15) is 9.18 Å². The number of aromatic nitrogens is 2. The Balaban J connectivity index is 1.42. The number of nitrogens with zero attached hydrogens (tertiary/aromatic N) is 3. The molecule has 0 aliphatic carbocycles. The first-order valence-corrected chi connectivity index (χ1v) is 11.7. The van der Waals surface area contributed by atoms with Gasteiger partial charge >= 0.3 is 0 Å². The number of halogens is 1. The number of ether oxygens (including phenoxy) is 1. The number of hydrogen-bond acceptors (Lipinski definition) is 4.